The minimum Gasteiger partial charge on any atom is -0.465 e. The lowest BCUT2D eigenvalue weighted by Gasteiger charge is -2.13. The van der Waals surface area contributed by atoms with E-state index >= 15 is 0 Å². The molecule has 0 spiro atoms. The van der Waals surface area contributed by atoms with Gasteiger partial charge in [0, 0.05) is 6.07 Å². The summed E-state index contributed by atoms with van der Waals surface area (Å²) < 4.78 is 10.6. The lowest BCUT2D eigenvalue weighted by Crippen LogP contribution is -2.26. The van der Waals surface area contributed by atoms with Crippen LogP contribution >= 0.6 is 0 Å². The summed E-state index contributed by atoms with van der Waals surface area (Å²) in [5.41, 5.74) is 0.922. The number of benzene rings is 1. The van der Waals surface area contributed by atoms with Gasteiger partial charge >= 0.3 is 5.97 Å². The van der Waals surface area contributed by atoms with Crippen molar-refractivity contribution in [3.8, 4) is 0 Å². The van der Waals surface area contributed by atoms with E-state index in [0.29, 0.717) is 22.3 Å². The van der Waals surface area contributed by atoms with Crippen molar-refractivity contribution in [2.24, 2.45) is 5.92 Å². The molecule has 5 heteroatoms. The van der Waals surface area contributed by atoms with Crippen LogP contribution in [0.25, 0.3) is 11.0 Å². The lowest BCUT2D eigenvalue weighted by atomic mass is 9.94. The van der Waals surface area contributed by atoms with Gasteiger partial charge in [-0.2, -0.15) is 0 Å². The smallest absolute Gasteiger partial charge is 0.316 e. The average Bonchev–Trinajstić information content (AvgIpc) is 2.44. The van der Waals surface area contributed by atoms with Gasteiger partial charge in [0.1, 0.15) is 23.0 Å². The predicted octanol–water partition coefficient (Wildman–Crippen LogP) is 2.41. The fourth-order valence-corrected chi connectivity index (χ4v) is 2.37. The van der Waals surface area contributed by atoms with Gasteiger partial charge in [-0.05, 0) is 38.8 Å². The number of Topliss-reactive ketones (excluding diaryl/α,β-unsaturated/α-hetero) is 1. The van der Waals surface area contributed by atoms with Crippen molar-refractivity contribution in [2.75, 3.05) is 6.61 Å². The molecule has 0 amide bonds. The Hall–Kier alpha value is -2.43. The minimum absolute atomic E-state index is 0.142. The van der Waals surface area contributed by atoms with E-state index in [4.69, 9.17) is 9.15 Å². The first-order valence-corrected chi connectivity index (χ1v) is 7.13. The Labute approximate surface area is 127 Å². The van der Waals surface area contributed by atoms with E-state index < -0.39 is 11.9 Å². The molecule has 1 heterocycles. The molecule has 116 valence electrons. The zero-order chi connectivity index (χ0) is 16.3. The van der Waals surface area contributed by atoms with E-state index in [-0.39, 0.29) is 24.2 Å². The Morgan fingerprint density at radius 1 is 1.32 bits per heavy atom. The summed E-state index contributed by atoms with van der Waals surface area (Å²) in [5.74, 6) is -1.23. The van der Waals surface area contributed by atoms with E-state index in [2.05, 4.69) is 0 Å². The highest BCUT2D eigenvalue weighted by Gasteiger charge is 2.26. The molecule has 22 heavy (non-hydrogen) atoms. The first-order chi connectivity index (χ1) is 10.4. The normalized spacial score (nSPS) is 12.1. The topological polar surface area (TPSA) is 73.6 Å². The standard InChI is InChI=1S/C17H18O5/c1-4-21-17(20)14(11(3)18)9-12-6-5-7-13-15(19)8-10(2)22-16(12)13/h5-8,14H,4,9H2,1-3H3. The summed E-state index contributed by atoms with van der Waals surface area (Å²) in [7, 11) is 0. The van der Waals surface area contributed by atoms with Crippen LogP contribution in [0.15, 0.2) is 33.5 Å². The zero-order valence-electron chi connectivity index (χ0n) is 12.8. The Morgan fingerprint density at radius 2 is 2.05 bits per heavy atom. The molecule has 0 aliphatic rings. The number of hydrogen-bond acceptors (Lipinski definition) is 5. The van der Waals surface area contributed by atoms with Crippen LogP contribution < -0.4 is 5.43 Å². The van der Waals surface area contributed by atoms with Gasteiger partial charge in [-0.3, -0.25) is 14.4 Å². The SMILES string of the molecule is CCOC(=O)C(Cc1cccc2c(=O)cc(C)oc12)C(C)=O. The molecule has 0 N–H and O–H groups in total. The third kappa shape index (κ3) is 3.24. The van der Waals surface area contributed by atoms with Crippen molar-refractivity contribution in [1.82, 2.24) is 0 Å². The Morgan fingerprint density at radius 3 is 2.68 bits per heavy atom. The molecule has 2 rings (SSSR count). The maximum atomic E-state index is 12.0. The maximum absolute atomic E-state index is 12.0. The van der Waals surface area contributed by atoms with Crippen LogP contribution in [-0.2, 0) is 20.7 Å². The highest BCUT2D eigenvalue weighted by Crippen LogP contribution is 2.21. The third-order valence-electron chi connectivity index (χ3n) is 3.45. The van der Waals surface area contributed by atoms with E-state index in [0.717, 1.165) is 0 Å². The van der Waals surface area contributed by atoms with E-state index in [1.807, 2.05) is 0 Å². The number of ether oxygens (including phenoxy) is 1. The van der Waals surface area contributed by atoms with Crippen LogP contribution in [0.3, 0.4) is 0 Å². The highest BCUT2D eigenvalue weighted by atomic mass is 16.5. The van der Waals surface area contributed by atoms with Gasteiger partial charge in [0.05, 0.1) is 12.0 Å². The molecule has 0 radical (unpaired) electrons. The predicted molar refractivity (Wildman–Crippen MR) is 81.7 cm³/mol. The molecule has 0 aliphatic carbocycles. The molecule has 0 fully saturated rings. The second-order valence-electron chi connectivity index (χ2n) is 5.13. The summed E-state index contributed by atoms with van der Waals surface area (Å²) in [5, 5.41) is 0.439. The quantitative estimate of drug-likeness (QED) is 0.626. The molecule has 2 aromatic rings. The van der Waals surface area contributed by atoms with Crippen molar-refractivity contribution in [3.63, 3.8) is 0 Å². The number of carbonyl (C=O) groups is 2. The third-order valence-corrected chi connectivity index (χ3v) is 3.45. The first kappa shape index (κ1) is 15.9. The Bertz CT molecular complexity index is 772. The summed E-state index contributed by atoms with van der Waals surface area (Å²) in [6.07, 6.45) is 0.151. The van der Waals surface area contributed by atoms with Gasteiger partial charge < -0.3 is 9.15 Å². The molecular weight excluding hydrogens is 284 g/mol. The van der Waals surface area contributed by atoms with Crippen LogP contribution in [0.1, 0.15) is 25.2 Å². The fourth-order valence-electron chi connectivity index (χ4n) is 2.37. The molecule has 1 aromatic heterocycles. The van der Waals surface area contributed by atoms with Crippen LogP contribution in [0.4, 0.5) is 0 Å². The molecule has 1 unspecified atom stereocenters. The number of rotatable bonds is 5. The number of aryl methyl sites for hydroxylation is 1. The number of ketones is 1. The van der Waals surface area contributed by atoms with Crippen molar-refractivity contribution in [1.29, 1.82) is 0 Å². The van der Waals surface area contributed by atoms with Gasteiger partial charge in [-0.15, -0.1) is 0 Å². The summed E-state index contributed by atoms with van der Waals surface area (Å²) >= 11 is 0. The molecule has 0 saturated carbocycles. The zero-order valence-corrected chi connectivity index (χ0v) is 12.8. The van der Waals surface area contributed by atoms with Crippen molar-refractivity contribution in [3.05, 3.63) is 45.8 Å². The van der Waals surface area contributed by atoms with Gasteiger partial charge in [0.25, 0.3) is 0 Å². The second-order valence-corrected chi connectivity index (χ2v) is 5.13. The minimum atomic E-state index is -0.892. The summed E-state index contributed by atoms with van der Waals surface area (Å²) in [6, 6.07) is 6.54. The van der Waals surface area contributed by atoms with Crippen LogP contribution in [0.5, 0.6) is 0 Å². The number of hydrogen-bond donors (Lipinski definition) is 0. The van der Waals surface area contributed by atoms with Crippen molar-refractivity contribution >= 4 is 22.7 Å². The van der Waals surface area contributed by atoms with Gasteiger partial charge in [-0.1, -0.05) is 12.1 Å². The first-order valence-electron chi connectivity index (χ1n) is 7.13. The molecule has 0 bridgehead atoms. The Kier molecular flexibility index (Phi) is 4.75. The van der Waals surface area contributed by atoms with E-state index in [1.165, 1.54) is 13.0 Å². The van der Waals surface area contributed by atoms with E-state index in [1.54, 1.807) is 32.0 Å². The molecule has 0 saturated heterocycles. The number of fused-ring (bicyclic) bond motifs is 1. The Balaban J connectivity index is 2.48. The molecular formula is C17H18O5. The van der Waals surface area contributed by atoms with E-state index in [9.17, 15) is 14.4 Å². The molecule has 1 atom stereocenters. The number of para-hydroxylation sites is 1. The van der Waals surface area contributed by atoms with Crippen molar-refractivity contribution in [2.45, 2.75) is 27.2 Å². The van der Waals surface area contributed by atoms with Crippen LogP contribution in [0, 0.1) is 12.8 Å². The molecule has 5 nitrogen and oxygen atoms in total. The summed E-state index contributed by atoms with van der Waals surface area (Å²) in [6.45, 7) is 4.95. The van der Waals surface area contributed by atoms with Crippen molar-refractivity contribution < 1.29 is 18.7 Å². The van der Waals surface area contributed by atoms with Crippen LogP contribution in [-0.4, -0.2) is 18.4 Å². The average molecular weight is 302 g/mol. The monoisotopic (exact) mass is 302 g/mol. The largest absolute Gasteiger partial charge is 0.465 e. The molecule has 1 aromatic carbocycles. The fraction of sp³-hybridized carbons (Fsp3) is 0.353. The lowest BCUT2D eigenvalue weighted by molar-refractivity contribution is -0.151. The van der Waals surface area contributed by atoms with Gasteiger partial charge in [-0.25, -0.2) is 0 Å². The summed E-state index contributed by atoms with van der Waals surface area (Å²) in [4.78, 5) is 35.7. The highest BCUT2D eigenvalue weighted by molar-refractivity contribution is 5.98. The van der Waals surface area contributed by atoms with Gasteiger partial charge in [0.15, 0.2) is 5.43 Å². The molecule has 0 aliphatic heterocycles. The second kappa shape index (κ2) is 6.56. The number of esters is 1. The maximum Gasteiger partial charge on any atom is 0.316 e. The number of carbonyl (C=O) groups excluding carboxylic acids is 2. The van der Waals surface area contributed by atoms with Gasteiger partial charge in [0.2, 0.25) is 0 Å². The van der Waals surface area contributed by atoms with Crippen LogP contribution in [0.2, 0.25) is 0 Å².